The number of aromatic nitrogens is 2. The predicted molar refractivity (Wildman–Crippen MR) is 106 cm³/mol. The third-order valence-electron chi connectivity index (χ3n) is 3.86. The summed E-state index contributed by atoms with van der Waals surface area (Å²) in [5.74, 6) is 0.526. The molecule has 0 spiro atoms. The fraction of sp³-hybridized carbons (Fsp3) is 0.474. The SMILES string of the molecule is CC(C)CC(CN(C)C)NC(=O)NCc1cnn(-c2ccc(Cl)cc2)c1. The van der Waals surface area contributed by atoms with Crippen molar-refractivity contribution in [2.24, 2.45) is 5.92 Å². The zero-order chi connectivity index (χ0) is 19.1. The van der Waals surface area contributed by atoms with Gasteiger partial charge in [0.25, 0.3) is 0 Å². The molecule has 1 atom stereocenters. The molecule has 0 fully saturated rings. The standard InChI is InChI=1S/C19H28ClN5O/c1-14(2)9-17(13-24(3)4)23-19(26)21-10-15-11-22-25(12-15)18-7-5-16(20)6-8-18/h5-8,11-12,14,17H,9-10,13H2,1-4H3,(H2,21,23,26). The fourth-order valence-electron chi connectivity index (χ4n) is 2.79. The minimum absolute atomic E-state index is 0.127. The molecule has 1 unspecified atom stereocenters. The first-order valence-corrected chi connectivity index (χ1v) is 9.20. The van der Waals surface area contributed by atoms with Gasteiger partial charge in [-0.05, 0) is 50.7 Å². The lowest BCUT2D eigenvalue weighted by Gasteiger charge is -2.24. The predicted octanol–water partition coefficient (Wildman–Crippen LogP) is 3.30. The minimum Gasteiger partial charge on any atom is -0.334 e. The number of nitrogens with zero attached hydrogens (tertiary/aromatic N) is 3. The van der Waals surface area contributed by atoms with Gasteiger partial charge in [-0.25, -0.2) is 9.48 Å². The molecule has 0 radical (unpaired) electrons. The number of hydrogen-bond acceptors (Lipinski definition) is 3. The molecule has 2 amide bonds. The Morgan fingerprint density at radius 2 is 1.96 bits per heavy atom. The summed E-state index contributed by atoms with van der Waals surface area (Å²) in [6.45, 7) is 5.57. The topological polar surface area (TPSA) is 62.2 Å². The molecule has 0 aliphatic rings. The van der Waals surface area contributed by atoms with E-state index in [0.29, 0.717) is 17.5 Å². The van der Waals surface area contributed by atoms with E-state index >= 15 is 0 Å². The van der Waals surface area contributed by atoms with Crippen LogP contribution < -0.4 is 10.6 Å². The zero-order valence-electron chi connectivity index (χ0n) is 15.9. The molecule has 142 valence electrons. The minimum atomic E-state index is -0.156. The van der Waals surface area contributed by atoms with Crippen molar-refractivity contribution in [2.75, 3.05) is 20.6 Å². The third kappa shape index (κ3) is 6.69. The lowest BCUT2D eigenvalue weighted by Crippen LogP contribution is -2.46. The second kappa shape index (κ2) is 9.59. The Kier molecular flexibility index (Phi) is 7.48. The van der Waals surface area contributed by atoms with Gasteiger partial charge >= 0.3 is 6.03 Å². The number of carbonyl (C=O) groups excluding carboxylic acids is 1. The number of benzene rings is 1. The average molecular weight is 378 g/mol. The summed E-state index contributed by atoms with van der Waals surface area (Å²) >= 11 is 5.91. The van der Waals surface area contributed by atoms with Crippen LogP contribution in [0.5, 0.6) is 0 Å². The summed E-state index contributed by atoms with van der Waals surface area (Å²) < 4.78 is 1.76. The molecule has 2 rings (SSSR count). The van der Waals surface area contributed by atoms with Crippen molar-refractivity contribution >= 4 is 17.6 Å². The fourth-order valence-corrected chi connectivity index (χ4v) is 2.92. The Morgan fingerprint density at radius 3 is 2.58 bits per heavy atom. The van der Waals surface area contributed by atoms with Gasteiger partial charge < -0.3 is 15.5 Å². The highest BCUT2D eigenvalue weighted by atomic mass is 35.5. The van der Waals surface area contributed by atoms with E-state index in [0.717, 1.165) is 24.2 Å². The monoisotopic (exact) mass is 377 g/mol. The normalized spacial score (nSPS) is 12.4. The summed E-state index contributed by atoms with van der Waals surface area (Å²) in [5, 5.41) is 11.0. The van der Waals surface area contributed by atoms with Gasteiger partial charge in [0, 0.05) is 35.9 Å². The zero-order valence-corrected chi connectivity index (χ0v) is 16.6. The largest absolute Gasteiger partial charge is 0.334 e. The van der Waals surface area contributed by atoms with Crippen LogP contribution in [0.25, 0.3) is 5.69 Å². The van der Waals surface area contributed by atoms with E-state index in [2.05, 4.69) is 34.5 Å². The van der Waals surface area contributed by atoms with Gasteiger partial charge in [-0.2, -0.15) is 5.10 Å². The van der Waals surface area contributed by atoms with Crippen LogP contribution in [0.15, 0.2) is 36.7 Å². The lowest BCUT2D eigenvalue weighted by atomic mass is 10.0. The maximum absolute atomic E-state index is 12.2. The highest BCUT2D eigenvalue weighted by Gasteiger charge is 2.15. The highest BCUT2D eigenvalue weighted by molar-refractivity contribution is 6.30. The van der Waals surface area contributed by atoms with Crippen LogP contribution in [0.4, 0.5) is 4.79 Å². The first-order chi connectivity index (χ1) is 12.3. The van der Waals surface area contributed by atoms with Crippen LogP contribution in [0, 0.1) is 5.92 Å². The number of urea groups is 1. The van der Waals surface area contributed by atoms with Gasteiger partial charge in [0.05, 0.1) is 11.9 Å². The molecule has 0 aliphatic heterocycles. The molecule has 26 heavy (non-hydrogen) atoms. The Hall–Kier alpha value is -2.05. The Bertz CT molecular complexity index is 686. The molecule has 0 saturated carbocycles. The second-order valence-electron chi connectivity index (χ2n) is 7.19. The van der Waals surface area contributed by atoms with E-state index in [1.165, 1.54) is 0 Å². The van der Waals surface area contributed by atoms with Gasteiger partial charge in [-0.1, -0.05) is 25.4 Å². The van der Waals surface area contributed by atoms with Gasteiger partial charge in [-0.15, -0.1) is 0 Å². The first-order valence-electron chi connectivity index (χ1n) is 8.82. The van der Waals surface area contributed by atoms with E-state index in [4.69, 9.17) is 11.6 Å². The van der Waals surface area contributed by atoms with E-state index in [9.17, 15) is 4.79 Å². The Morgan fingerprint density at radius 1 is 1.27 bits per heavy atom. The summed E-state index contributed by atoms with van der Waals surface area (Å²) in [7, 11) is 4.02. The van der Waals surface area contributed by atoms with E-state index < -0.39 is 0 Å². The second-order valence-corrected chi connectivity index (χ2v) is 7.62. The number of amides is 2. The average Bonchev–Trinajstić information content (AvgIpc) is 3.01. The van der Waals surface area contributed by atoms with Gasteiger partial charge in [0.1, 0.15) is 0 Å². The number of carbonyl (C=O) groups is 1. The molecule has 0 bridgehead atoms. The van der Waals surface area contributed by atoms with Crippen molar-refractivity contribution in [1.82, 2.24) is 25.3 Å². The van der Waals surface area contributed by atoms with Crippen LogP contribution in [0.3, 0.4) is 0 Å². The number of nitrogens with one attached hydrogen (secondary N) is 2. The van der Waals surface area contributed by atoms with Crippen molar-refractivity contribution in [2.45, 2.75) is 32.9 Å². The first kappa shape index (κ1) is 20.3. The van der Waals surface area contributed by atoms with Crippen LogP contribution >= 0.6 is 11.6 Å². The van der Waals surface area contributed by atoms with Crippen molar-refractivity contribution < 1.29 is 4.79 Å². The van der Waals surface area contributed by atoms with Gasteiger partial charge in [-0.3, -0.25) is 0 Å². The van der Waals surface area contributed by atoms with Crippen LogP contribution in [0.1, 0.15) is 25.8 Å². The van der Waals surface area contributed by atoms with Crippen molar-refractivity contribution in [3.63, 3.8) is 0 Å². The molecule has 0 aliphatic carbocycles. The molecule has 6 nitrogen and oxygen atoms in total. The van der Waals surface area contributed by atoms with Crippen LogP contribution in [0.2, 0.25) is 5.02 Å². The smallest absolute Gasteiger partial charge is 0.315 e. The van der Waals surface area contributed by atoms with E-state index in [-0.39, 0.29) is 12.1 Å². The maximum atomic E-state index is 12.2. The lowest BCUT2D eigenvalue weighted by molar-refractivity contribution is 0.228. The van der Waals surface area contributed by atoms with Crippen LogP contribution in [-0.2, 0) is 6.54 Å². The molecule has 1 heterocycles. The van der Waals surface area contributed by atoms with Crippen molar-refractivity contribution in [3.05, 3.63) is 47.2 Å². The quantitative estimate of drug-likeness (QED) is 0.741. The highest BCUT2D eigenvalue weighted by Crippen LogP contribution is 2.13. The Labute approximate surface area is 160 Å². The van der Waals surface area contributed by atoms with Crippen molar-refractivity contribution in [1.29, 1.82) is 0 Å². The molecule has 2 N–H and O–H groups in total. The number of hydrogen-bond donors (Lipinski definition) is 2. The molecule has 1 aromatic carbocycles. The van der Waals surface area contributed by atoms with Crippen LogP contribution in [-0.4, -0.2) is 47.4 Å². The van der Waals surface area contributed by atoms with Crippen molar-refractivity contribution in [3.8, 4) is 5.69 Å². The third-order valence-corrected chi connectivity index (χ3v) is 4.11. The molecular weight excluding hydrogens is 350 g/mol. The Balaban J connectivity index is 1.87. The van der Waals surface area contributed by atoms with E-state index in [1.54, 1.807) is 10.9 Å². The maximum Gasteiger partial charge on any atom is 0.315 e. The van der Waals surface area contributed by atoms with Gasteiger partial charge in [0.2, 0.25) is 0 Å². The number of rotatable bonds is 8. The molecule has 0 saturated heterocycles. The van der Waals surface area contributed by atoms with Gasteiger partial charge in [0.15, 0.2) is 0 Å². The van der Waals surface area contributed by atoms with E-state index in [1.807, 2.05) is 44.6 Å². The summed E-state index contributed by atoms with van der Waals surface area (Å²) in [6.07, 6.45) is 4.59. The summed E-state index contributed by atoms with van der Waals surface area (Å²) in [6, 6.07) is 7.42. The number of halogens is 1. The summed E-state index contributed by atoms with van der Waals surface area (Å²) in [5.41, 5.74) is 1.86. The molecular formula is C19H28ClN5O. The molecule has 2 aromatic rings. The summed E-state index contributed by atoms with van der Waals surface area (Å²) in [4.78, 5) is 14.3. The molecule has 7 heteroatoms. The number of likely N-dealkylation sites (N-methyl/N-ethyl adjacent to an activating group) is 1. The molecule has 1 aromatic heterocycles.